The van der Waals surface area contributed by atoms with Crippen LogP contribution < -0.4 is 10.6 Å². The van der Waals surface area contributed by atoms with Gasteiger partial charge in [-0.1, -0.05) is 60.7 Å². The van der Waals surface area contributed by atoms with Crippen LogP contribution in [0, 0.1) is 5.41 Å². The van der Waals surface area contributed by atoms with Gasteiger partial charge >= 0.3 is 11.9 Å². The van der Waals surface area contributed by atoms with Crippen molar-refractivity contribution in [3.63, 3.8) is 0 Å². The molecule has 8 heteroatoms. The molecular formula is C32H47N3O5. The molecule has 0 radical (unpaired) electrons. The fourth-order valence-corrected chi connectivity index (χ4v) is 4.23. The van der Waals surface area contributed by atoms with Crippen molar-refractivity contribution in [3.05, 3.63) is 71.8 Å². The molecule has 40 heavy (non-hydrogen) atoms. The minimum Gasteiger partial charge on any atom is -0.462 e. The molecule has 4 unspecified atom stereocenters. The van der Waals surface area contributed by atoms with Crippen LogP contribution in [0.3, 0.4) is 0 Å². The normalized spacial score (nSPS) is 13.8. The molecule has 3 N–H and O–H groups in total. The van der Waals surface area contributed by atoms with Gasteiger partial charge in [-0.3, -0.25) is 14.4 Å². The molecule has 0 bridgehead atoms. The van der Waals surface area contributed by atoms with Crippen molar-refractivity contribution in [2.45, 2.75) is 90.5 Å². The van der Waals surface area contributed by atoms with E-state index < -0.39 is 12.1 Å². The van der Waals surface area contributed by atoms with E-state index in [1.165, 1.54) is 0 Å². The lowest BCUT2D eigenvalue weighted by Gasteiger charge is -2.23. The fourth-order valence-electron chi connectivity index (χ4n) is 4.23. The molecule has 220 valence electrons. The number of Topliss-reactive ketones (excluding diaryl/α,β-unsaturated/α-hetero) is 1. The zero-order valence-electron chi connectivity index (χ0n) is 25.2. The number of ketones is 1. The summed E-state index contributed by atoms with van der Waals surface area (Å²) in [5.74, 6) is -0.898. The molecule has 0 saturated carbocycles. The fraction of sp³-hybridized carbons (Fsp3) is 0.500. The number of likely N-dealkylation sites (N-methyl/N-ethyl adjacent to an activating group) is 2. The molecule has 0 heterocycles. The van der Waals surface area contributed by atoms with Gasteiger partial charge in [0.1, 0.15) is 17.9 Å². The van der Waals surface area contributed by atoms with Crippen LogP contribution in [0.5, 0.6) is 0 Å². The van der Waals surface area contributed by atoms with E-state index in [9.17, 15) is 14.4 Å². The highest BCUT2D eigenvalue weighted by molar-refractivity contribution is 5.87. The summed E-state index contributed by atoms with van der Waals surface area (Å²) in [5.41, 5.74) is 2.53. The highest BCUT2D eigenvalue weighted by Gasteiger charge is 2.27. The molecule has 0 saturated heterocycles. The zero-order valence-corrected chi connectivity index (χ0v) is 25.2. The maximum Gasteiger partial charge on any atom is 0.323 e. The lowest BCUT2D eigenvalue weighted by Crippen LogP contribution is -2.38. The van der Waals surface area contributed by atoms with E-state index >= 15 is 0 Å². The number of hydrogen-bond acceptors (Lipinski definition) is 8. The summed E-state index contributed by atoms with van der Waals surface area (Å²) >= 11 is 0. The molecule has 0 aliphatic carbocycles. The van der Waals surface area contributed by atoms with Crippen LogP contribution in [0.15, 0.2) is 60.7 Å². The molecule has 2 aromatic rings. The first-order valence-electron chi connectivity index (χ1n) is 13.8. The van der Waals surface area contributed by atoms with Gasteiger partial charge in [0.15, 0.2) is 0 Å². The van der Waals surface area contributed by atoms with Crippen molar-refractivity contribution in [3.8, 4) is 0 Å². The number of rotatable bonds is 14. The number of esters is 2. The van der Waals surface area contributed by atoms with Crippen molar-refractivity contribution in [1.82, 2.24) is 10.6 Å². The Morgan fingerprint density at radius 3 is 1.32 bits per heavy atom. The summed E-state index contributed by atoms with van der Waals surface area (Å²) in [6.45, 7) is 10.6. The third-order valence-electron chi connectivity index (χ3n) is 6.33. The van der Waals surface area contributed by atoms with E-state index in [2.05, 4.69) is 10.6 Å². The van der Waals surface area contributed by atoms with Crippen molar-refractivity contribution in [2.75, 3.05) is 14.1 Å². The van der Waals surface area contributed by atoms with Gasteiger partial charge < -0.3 is 25.5 Å². The highest BCUT2D eigenvalue weighted by atomic mass is 16.5. The van der Waals surface area contributed by atoms with Gasteiger partial charge in [-0.05, 0) is 79.6 Å². The molecule has 0 aliphatic heterocycles. The molecule has 0 amide bonds. The van der Waals surface area contributed by atoms with Crippen LogP contribution in [0.4, 0.5) is 0 Å². The molecule has 0 fully saturated rings. The predicted octanol–water partition coefficient (Wildman–Crippen LogP) is 5.03. The van der Waals surface area contributed by atoms with Crippen molar-refractivity contribution in [2.24, 2.45) is 0 Å². The lowest BCUT2D eigenvalue weighted by molar-refractivity contribution is -0.151. The van der Waals surface area contributed by atoms with Crippen molar-refractivity contribution >= 4 is 23.4 Å². The highest BCUT2D eigenvalue weighted by Crippen LogP contribution is 2.24. The lowest BCUT2D eigenvalue weighted by atomic mass is 9.88. The molecule has 8 nitrogen and oxygen atoms in total. The van der Waals surface area contributed by atoms with Gasteiger partial charge in [0.25, 0.3) is 0 Å². The molecular weight excluding hydrogens is 506 g/mol. The second-order valence-electron chi connectivity index (χ2n) is 10.3. The van der Waals surface area contributed by atoms with Gasteiger partial charge in [-0.25, -0.2) is 0 Å². The van der Waals surface area contributed by atoms with E-state index in [0.717, 1.165) is 11.1 Å². The van der Waals surface area contributed by atoms with Crippen molar-refractivity contribution < 1.29 is 23.9 Å². The average Bonchev–Trinajstić information content (AvgIpc) is 2.90. The van der Waals surface area contributed by atoms with Crippen molar-refractivity contribution in [1.29, 1.82) is 5.41 Å². The first-order chi connectivity index (χ1) is 18.9. The Bertz CT molecular complexity index is 971. The Morgan fingerprint density at radius 1 is 0.675 bits per heavy atom. The monoisotopic (exact) mass is 553 g/mol. The SMILES string of the molecule is CNC(CC(C(C)=N)c1ccccc1)C(=O)OC(C)C.CNC(CC(C(C)=O)c1ccccc1)C(=O)OC(C)C. The standard InChI is InChI=1S/C16H24N2O2.C16H23NO3/c1-11(2)20-16(19)15(18-4)10-14(12(3)17)13-8-6-5-7-9-13;1-11(2)20-16(19)15(17-4)10-14(12(3)18)13-8-6-5-7-9-13/h5-9,11,14-15,17-18H,10H2,1-4H3;5-9,11,14-15,17H,10H2,1-4H3. The number of carbonyl (C=O) groups excluding carboxylic acids is 3. The molecule has 4 atom stereocenters. The summed E-state index contributed by atoms with van der Waals surface area (Å²) in [6, 6.07) is 18.5. The smallest absolute Gasteiger partial charge is 0.323 e. The third-order valence-corrected chi connectivity index (χ3v) is 6.33. The Kier molecular flexibility index (Phi) is 15.7. The van der Waals surface area contributed by atoms with Gasteiger partial charge in [0, 0.05) is 17.5 Å². The van der Waals surface area contributed by atoms with Crippen LogP contribution in [0.2, 0.25) is 0 Å². The second kappa shape index (κ2) is 18.1. The summed E-state index contributed by atoms with van der Waals surface area (Å²) in [7, 11) is 3.45. The van der Waals surface area contributed by atoms with Crippen LogP contribution in [0.1, 0.15) is 77.3 Å². The van der Waals surface area contributed by atoms with Gasteiger partial charge in [-0.15, -0.1) is 0 Å². The largest absolute Gasteiger partial charge is 0.462 e. The van der Waals surface area contributed by atoms with Gasteiger partial charge in [0.05, 0.1) is 12.2 Å². The van der Waals surface area contributed by atoms with Crippen LogP contribution in [0.25, 0.3) is 0 Å². The number of carbonyl (C=O) groups is 3. The van der Waals surface area contributed by atoms with Crippen LogP contribution in [-0.4, -0.2) is 61.8 Å². The van der Waals surface area contributed by atoms with E-state index in [-0.39, 0.29) is 41.8 Å². The number of benzene rings is 2. The van der Waals surface area contributed by atoms with Crippen LogP contribution >= 0.6 is 0 Å². The average molecular weight is 554 g/mol. The zero-order chi connectivity index (χ0) is 30.2. The summed E-state index contributed by atoms with van der Waals surface area (Å²) < 4.78 is 10.5. The summed E-state index contributed by atoms with van der Waals surface area (Å²) in [5, 5.41) is 13.9. The Morgan fingerprint density at radius 2 is 1.02 bits per heavy atom. The van der Waals surface area contributed by atoms with Gasteiger partial charge in [0.2, 0.25) is 0 Å². The van der Waals surface area contributed by atoms with E-state index in [0.29, 0.717) is 18.6 Å². The van der Waals surface area contributed by atoms with Crippen LogP contribution in [-0.2, 0) is 23.9 Å². The summed E-state index contributed by atoms with van der Waals surface area (Å²) in [4.78, 5) is 35.9. The Balaban J connectivity index is 0.000000400. The first-order valence-corrected chi connectivity index (χ1v) is 13.8. The Hall–Kier alpha value is -3.36. The predicted molar refractivity (Wildman–Crippen MR) is 160 cm³/mol. The molecule has 0 aromatic heterocycles. The van der Waals surface area contributed by atoms with E-state index in [1.54, 1.807) is 27.9 Å². The number of ether oxygens (including phenoxy) is 2. The molecule has 2 aromatic carbocycles. The Labute approximate surface area is 239 Å². The quantitative estimate of drug-likeness (QED) is 0.222. The maximum atomic E-state index is 12.0. The minimum atomic E-state index is -0.480. The first kappa shape index (κ1) is 34.7. The van der Waals surface area contributed by atoms with Gasteiger partial charge in [-0.2, -0.15) is 0 Å². The summed E-state index contributed by atoms with van der Waals surface area (Å²) in [6.07, 6.45) is 0.642. The molecule has 0 aliphatic rings. The topological polar surface area (TPSA) is 118 Å². The second-order valence-corrected chi connectivity index (χ2v) is 10.3. The van der Waals surface area contributed by atoms with E-state index in [4.69, 9.17) is 14.9 Å². The maximum absolute atomic E-state index is 12.0. The molecule has 0 spiro atoms. The van der Waals surface area contributed by atoms with E-state index in [1.807, 2.05) is 88.4 Å². The molecule has 2 rings (SSSR count). The number of hydrogen-bond donors (Lipinski definition) is 3. The third kappa shape index (κ3) is 12.2. The number of nitrogens with one attached hydrogen (secondary N) is 3. The minimum absolute atomic E-state index is 0.0498.